The van der Waals surface area contributed by atoms with Crippen LogP contribution in [-0.4, -0.2) is 30.0 Å². The number of methoxy groups -OCH3 is 2. The summed E-state index contributed by atoms with van der Waals surface area (Å²) in [7, 11) is 3.34. The highest BCUT2D eigenvalue weighted by atomic mass is 16.7. The number of pyridine rings is 1. The van der Waals surface area contributed by atoms with Crippen LogP contribution < -0.4 is 0 Å². The van der Waals surface area contributed by atoms with E-state index in [0.717, 1.165) is 30.8 Å². The molecule has 0 unspecified atom stereocenters. The standard InChI is InChI=1S/C15H18N2O3/c1-18-15(19-2)8-12(9-15)14-17-13(10-20-14)7-11-3-5-16-6-4-11/h3-6,10,12H,7-9H2,1-2H3. The SMILES string of the molecule is COC1(OC)CC(c2nc(Cc3ccncc3)co2)C1. The van der Waals surface area contributed by atoms with E-state index in [1.807, 2.05) is 12.1 Å². The first kappa shape index (κ1) is 13.3. The molecule has 1 saturated carbocycles. The molecule has 1 aliphatic rings. The molecule has 2 aromatic rings. The number of aromatic nitrogens is 2. The zero-order chi connectivity index (χ0) is 14.0. The summed E-state index contributed by atoms with van der Waals surface area (Å²) in [4.78, 5) is 8.57. The van der Waals surface area contributed by atoms with Crippen LogP contribution >= 0.6 is 0 Å². The summed E-state index contributed by atoms with van der Waals surface area (Å²) in [6, 6.07) is 3.97. The van der Waals surface area contributed by atoms with Crippen molar-refractivity contribution in [3.8, 4) is 0 Å². The highest BCUT2D eigenvalue weighted by Crippen LogP contribution is 2.46. The second-order valence-electron chi connectivity index (χ2n) is 5.13. The molecule has 2 heterocycles. The topological polar surface area (TPSA) is 57.4 Å². The number of hydrogen-bond donors (Lipinski definition) is 0. The van der Waals surface area contributed by atoms with E-state index in [1.165, 1.54) is 5.56 Å². The predicted molar refractivity (Wildman–Crippen MR) is 72.3 cm³/mol. The summed E-state index contributed by atoms with van der Waals surface area (Å²) < 4.78 is 16.3. The minimum atomic E-state index is -0.454. The quantitative estimate of drug-likeness (QED) is 0.784. The minimum absolute atomic E-state index is 0.279. The summed E-state index contributed by atoms with van der Waals surface area (Å²) in [5.41, 5.74) is 2.12. The Labute approximate surface area is 117 Å². The molecule has 20 heavy (non-hydrogen) atoms. The molecule has 106 valence electrons. The van der Waals surface area contributed by atoms with Crippen molar-refractivity contribution in [3.63, 3.8) is 0 Å². The fourth-order valence-corrected chi connectivity index (χ4v) is 2.58. The van der Waals surface area contributed by atoms with Gasteiger partial charge in [-0.05, 0) is 17.7 Å². The van der Waals surface area contributed by atoms with Gasteiger partial charge >= 0.3 is 0 Å². The van der Waals surface area contributed by atoms with E-state index in [-0.39, 0.29) is 5.92 Å². The van der Waals surface area contributed by atoms with Crippen molar-refractivity contribution in [1.82, 2.24) is 9.97 Å². The average Bonchev–Trinajstić information content (AvgIpc) is 2.88. The highest BCUT2D eigenvalue weighted by molar-refractivity contribution is 5.18. The minimum Gasteiger partial charge on any atom is -0.448 e. The van der Waals surface area contributed by atoms with Crippen LogP contribution in [0, 0.1) is 0 Å². The summed E-state index contributed by atoms with van der Waals surface area (Å²) in [6.07, 6.45) is 7.64. The molecule has 1 fully saturated rings. The van der Waals surface area contributed by atoms with Gasteiger partial charge in [-0.15, -0.1) is 0 Å². The maximum Gasteiger partial charge on any atom is 0.197 e. The van der Waals surface area contributed by atoms with E-state index in [0.29, 0.717) is 0 Å². The van der Waals surface area contributed by atoms with Crippen molar-refractivity contribution < 1.29 is 13.9 Å². The molecule has 3 rings (SSSR count). The lowest BCUT2D eigenvalue weighted by atomic mass is 9.78. The zero-order valence-electron chi connectivity index (χ0n) is 11.7. The average molecular weight is 274 g/mol. The van der Waals surface area contributed by atoms with Crippen molar-refractivity contribution in [3.05, 3.63) is 47.9 Å². The lowest BCUT2D eigenvalue weighted by Gasteiger charge is -2.43. The third-order valence-corrected chi connectivity index (χ3v) is 3.91. The fraction of sp³-hybridized carbons (Fsp3) is 0.467. The molecule has 0 N–H and O–H groups in total. The molecule has 0 radical (unpaired) electrons. The lowest BCUT2D eigenvalue weighted by molar-refractivity contribution is -0.259. The summed E-state index contributed by atoms with van der Waals surface area (Å²) >= 11 is 0. The van der Waals surface area contributed by atoms with Crippen molar-refractivity contribution in [2.45, 2.75) is 31.0 Å². The van der Waals surface area contributed by atoms with Crippen LogP contribution in [0.25, 0.3) is 0 Å². The molecule has 0 saturated heterocycles. The molecule has 0 bridgehead atoms. The molecule has 1 aliphatic carbocycles. The molecule has 0 atom stereocenters. The Balaban J connectivity index is 1.64. The van der Waals surface area contributed by atoms with Crippen LogP contribution in [0.4, 0.5) is 0 Å². The van der Waals surface area contributed by atoms with Gasteiger partial charge in [0.15, 0.2) is 11.7 Å². The molecular weight excluding hydrogens is 256 g/mol. The molecule has 0 amide bonds. The normalized spacial score (nSPS) is 17.9. The predicted octanol–water partition coefficient (Wildman–Crippen LogP) is 2.53. The second-order valence-corrected chi connectivity index (χ2v) is 5.13. The van der Waals surface area contributed by atoms with E-state index in [9.17, 15) is 0 Å². The Bertz CT molecular complexity index is 556. The first-order valence-electron chi connectivity index (χ1n) is 6.68. The highest BCUT2D eigenvalue weighted by Gasteiger charge is 2.47. The summed E-state index contributed by atoms with van der Waals surface area (Å²) in [5, 5.41) is 0. The van der Waals surface area contributed by atoms with Crippen LogP contribution in [0.3, 0.4) is 0 Å². The Morgan fingerprint density at radius 1 is 1.25 bits per heavy atom. The molecule has 0 aliphatic heterocycles. The van der Waals surface area contributed by atoms with Crippen molar-refractivity contribution in [1.29, 1.82) is 0 Å². The number of hydrogen-bond acceptors (Lipinski definition) is 5. The van der Waals surface area contributed by atoms with Crippen molar-refractivity contribution >= 4 is 0 Å². The molecule has 2 aromatic heterocycles. The second kappa shape index (κ2) is 5.34. The van der Waals surface area contributed by atoms with Crippen molar-refractivity contribution in [2.75, 3.05) is 14.2 Å². The summed E-state index contributed by atoms with van der Waals surface area (Å²) in [5.74, 6) is 0.601. The molecule has 5 nitrogen and oxygen atoms in total. The first-order valence-corrected chi connectivity index (χ1v) is 6.68. The first-order chi connectivity index (χ1) is 9.74. The van der Waals surface area contributed by atoms with E-state index >= 15 is 0 Å². The fourth-order valence-electron chi connectivity index (χ4n) is 2.58. The monoisotopic (exact) mass is 274 g/mol. The number of oxazole rings is 1. The molecule has 0 aromatic carbocycles. The van der Waals surface area contributed by atoms with Gasteiger partial charge in [0.05, 0.1) is 5.69 Å². The third kappa shape index (κ3) is 2.46. The third-order valence-electron chi connectivity index (χ3n) is 3.91. The van der Waals surface area contributed by atoms with Gasteiger partial charge in [0, 0.05) is 51.8 Å². The zero-order valence-corrected chi connectivity index (χ0v) is 11.7. The van der Waals surface area contributed by atoms with Gasteiger partial charge in [-0.2, -0.15) is 0 Å². The Morgan fingerprint density at radius 2 is 1.95 bits per heavy atom. The van der Waals surface area contributed by atoms with Gasteiger partial charge in [-0.3, -0.25) is 4.98 Å². The maximum absolute atomic E-state index is 5.59. The van der Waals surface area contributed by atoms with Crippen LogP contribution in [0.15, 0.2) is 35.2 Å². The van der Waals surface area contributed by atoms with Crippen molar-refractivity contribution in [2.24, 2.45) is 0 Å². The van der Waals surface area contributed by atoms with E-state index in [1.54, 1.807) is 32.9 Å². The van der Waals surface area contributed by atoms with E-state index in [4.69, 9.17) is 13.9 Å². The van der Waals surface area contributed by atoms with Gasteiger partial charge in [-0.1, -0.05) is 0 Å². The number of nitrogens with zero attached hydrogens (tertiary/aromatic N) is 2. The van der Waals surface area contributed by atoms with Crippen LogP contribution in [-0.2, 0) is 15.9 Å². The largest absolute Gasteiger partial charge is 0.448 e. The number of rotatable bonds is 5. The van der Waals surface area contributed by atoms with Gasteiger partial charge < -0.3 is 13.9 Å². The van der Waals surface area contributed by atoms with Gasteiger partial charge in [-0.25, -0.2) is 4.98 Å². The van der Waals surface area contributed by atoms with Gasteiger partial charge in [0.2, 0.25) is 0 Å². The lowest BCUT2D eigenvalue weighted by Crippen LogP contribution is -2.46. The van der Waals surface area contributed by atoms with Crippen LogP contribution in [0.1, 0.15) is 35.9 Å². The van der Waals surface area contributed by atoms with Gasteiger partial charge in [0.1, 0.15) is 6.26 Å². The molecule has 5 heteroatoms. The smallest absolute Gasteiger partial charge is 0.197 e. The van der Waals surface area contributed by atoms with E-state index in [2.05, 4.69) is 9.97 Å². The Hall–Kier alpha value is -1.72. The maximum atomic E-state index is 5.59. The van der Waals surface area contributed by atoms with Gasteiger partial charge in [0.25, 0.3) is 0 Å². The molecular formula is C15H18N2O3. The molecule has 0 spiro atoms. The number of ether oxygens (including phenoxy) is 2. The van der Waals surface area contributed by atoms with Crippen LogP contribution in [0.2, 0.25) is 0 Å². The van der Waals surface area contributed by atoms with E-state index < -0.39 is 5.79 Å². The Kier molecular flexibility index (Phi) is 3.54. The van der Waals surface area contributed by atoms with Crippen LogP contribution in [0.5, 0.6) is 0 Å². The Morgan fingerprint density at radius 3 is 2.60 bits per heavy atom. The summed E-state index contributed by atoms with van der Waals surface area (Å²) in [6.45, 7) is 0.